The first-order chi connectivity index (χ1) is 8.97. The molecule has 4 heteroatoms. The Hall–Kier alpha value is -1.39. The second-order valence-corrected chi connectivity index (χ2v) is 6.73. The van der Waals surface area contributed by atoms with E-state index in [0.717, 1.165) is 17.1 Å². The molecular weight excluding hydrogens is 256 g/mol. The van der Waals surface area contributed by atoms with E-state index in [-0.39, 0.29) is 5.41 Å². The van der Waals surface area contributed by atoms with Crippen LogP contribution in [0.1, 0.15) is 36.2 Å². The van der Waals surface area contributed by atoms with Crippen LogP contribution in [0.5, 0.6) is 5.75 Å². The van der Waals surface area contributed by atoms with E-state index in [1.54, 1.807) is 17.4 Å². The van der Waals surface area contributed by atoms with Crippen molar-refractivity contribution in [3.8, 4) is 5.75 Å². The minimum Gasteiger partial charge on any atom is -0.508 e. The molecule has 0 aliphatic rings. The van der Waals surface area contributed by atoms with Crippen molar-refractivity contribution >= 4 is 11.3 Å². The summed E-state index contributed by atoms with van der Waals surface area (Å²) in [5, 5.41) is 14.2. The molecule has 2 N–H and O–H groups in total. The van der Waals surface area contributed by atoms with Crippen LogP contribution in [0.4, 0.5) is 0 Å². The van der Waals surface area contributed by atoms with E-state index < -0.39 is 0 Å². The lowest BCUT2D eigenvalue weighted by Gasteiger charge is -2.13. The number of nitrogens with one attached hydrogen (secondary N) is 1. The molecule has 0 fully saturated rings. The molecule has 0 radical (unpaired) electrons. The molecule has 0 amide bonds. The van der Waals surface area contributed by atoms with Gasteiger partial charge in [0.1, 0.15) is 5.75 Å². The smallest absolute Gasteiger partial charge is 0.120 e. The zero-order valence-corrected chi connectivity index (χ0v) is 12.4. The van der Waals surface area contributed by atoms with Crippen molar-refractivity contribution < 1.29 is 5.11 Å². The van der Waals surface area contributed by atoms with Gasteiger partial charge in [-0.25, -0.2) is 4.98 Å². The van der Waals surface area contributed by atoms with Gasteiger partial charge in [-0.1, -0.05) is 39.0 Å². The fraction of sp³-hybridized carbons (Fsp3) is 0.400. The number of aromatic hydroxyl groups is 1. The Kier molecular flexibility index (Phi) is 4.22. The van der Waals surface area contributed by atoms with Crippen LogP contribution in [0.15, 0.2) is 30.5 Å². The fourth-order valence-corrected chi connectivity index (χ4v) is 2.66. The first-order valence-corrected chi connectivity index (χ1v) is 7.21. The van der Waals surface area contributed by atoms with Crippen molar-refractivity contribution in [1.29, 1.82) is 0 Å². The van der Waals surface area contributed by atoms with Gasteiger partial charge in [-0.3, -0.25) is 0 Å². The van der Waals surface area contributed by atoms with Crippen LogP contribution >= 0.6 is 11.3 Å². The molecule has 1 aromatic heterocycles. The number of benzene rings is 1. The monoisotopic (exact) mass is 276 g/mol. The standard InChI is InChI=1S/C15H20N2OS/c1-15(2,3)14-17-10-12(19-14)9-16-8-11-6-4-5-7-13(11)18/h4-7,10,16,18H,8-9H2,1-3H3. The van der Waals surface area contributed by atoms with E-state index in [0.29, 0.717) is 12.3 Å². The molecule has 19 heavy (non-hydrogen) atoms. The zero-order valence-electron chi connectivity index (χ0n) is 11.6. The molecule has 1 heterocycles. The third kappa shape index (κ3) is 3.78. The summed E-state index contributed by atoms with van der Waals surface area (Å²) in [6.45, 7) is 7.96. The number of nitrogens with zero attached hydrogens (tertiary/aromatic N) is 1. The van der Waals surface area contributed by atoms with Gasteiger partial charge in [-0.2, -0.15) is 0 Å². The minimum atomic E-state index is 0.112. The predicted octanol–water partition coefficient (Wildman–Crippen LogP) is 3.44. The lowest BCUT2D eigenvalue weighted by molar-refractivity contribution is 0.464. The van der Waals surface area contributed by atoms with Crippen LogP contribution in [-0.4, -0.2) is 10.1 Å². The Bertz CT molecular complexity index is 543. The minimum absolute atomic E-state index is 0.112. The van der Waals surface area contributed by atoms with Crippen LogP contribution in [0.2, 0.25) is 0 Å². The highest BCUT2D eigenvalue weighted by molar-refractivity contribution is 7.11. The summed E-state index contributed by atoms with van der Waals surface area (Å²) < 4.78 is 0. The van der Waals surface area contributed by atoms with Crippen molar-refractivity contribution in [2.75, 3.05) is 0 Å². The SMILES string of the molecule is CC(C)(C)c1ncc(CNCc2ccccc2O)s1. The van der Waals surface area contributed by atoms with Gasteiger partial charge in [0.05, 0.1) is 5.01 Å². The molecule has 3 nitrogen and oxygen atoms in total. The number of phenolic OH excluding ortho intramolecular Hbond substituents is 1. The van der Waals surface area contributed by atoms with E-state index in [4.69, 9.17) is 0 Å². The van der Waals surface area contributed by atoms with Crippen molar-refractivity contribution in [1.82, 2.24) is 10.3 Å². The third-order valence-electron chi connectivity index (χ3n) is 2.80. The molecule has 102 valence electrons. The first kappa shape index (κ1) is 14.0. The van der Waals surface area contributed by atoms with Crippen LogP contribution < -0.4 is 5.32 Å². The number of thiazole rings is 1. The Labute approximate surface area is 118 Å². The van der Waals surface area contributed by atoms with E-state index in [2.05, 4.69) is 31.1 Å². The second kappa shape index (κ2) is 5.72. The lowest BCUT2D eigenvalue weighted by Crippen LogP contribution is -2.12. The molecule has 0 aliphatic carbocycles. The molecule has 0 unspecified atom stereocenters. The lowest BCUT2D eigenvalue weighted by atomic mass is 9.98. The van der Waals surface area contributed by atoms with Crippen molar-refractivity contribution in [2.24, 2.45) is 0 Å². The molecule has 2 aromatic rings. The van der Waals surface area contributed by atoms with Crippen molar-refractivity contribution in [3.63, 3.8) is 0 Å². The molecule has 1 aromatic carbocycles. The largest absolute Gasteiger partial charge is 0.508 e. The average Bonchev–Trinajstić information content (AvgIpc) is 2.80. The van der Waals surface area contributed by atoms with Crippen LogP contribution in [0, 0.1) is 0 Å². The van der Waals surface area contributed by atoms with Gasteiger partial charge >= 0.3 is 0 Å². The number of hydrogen-bond acceptors (Lipinski definition) is 4. The Morgan fingerprint density at radius 1 is 1.21 bits per heavy atom. The summed E-state index contributed by atoms with van der Waals surface area (Å²) in [6, 6.07) is 7.40. The van der Waals surface area contributed by atoms with Gasteiger partial charge in [0.25, 0.3) is 0 Å². The Morgan fingerprint density at radius 3 is 2.58 bits per heavy atom. The molecule has 0 spiro atoms. The molecule has 0 saturated carbocycles. The maximum atomic E-state index is 9.67. The highest BCUT2D eigenvalue weighted by Gasteiger charge is 2.17. The van der Waals surface area contributed by atoms with Gasteiger partial charge in [-0.05, 0) is 6.07 Å². The fourth-order valence-electron chi connectivity index (χ4n) is 1.72. The number of hydrogen-bond donors (Lipinski definition) is 2. The molecule has 2 rings (SSSR count). The Balaban J connectivity index is 1.90. The summed E-state index contributed by atoms with van der Waals surface area (Å²) >= 11 is 1.74. The number of rotatable bonds is 4. The second-order valence-electron chi connectivity index (χ2n) is 5.61. The first-order valence-electron chi connectivity index (χ1n) is 6.39. The summed E-state index contributed by atoms with van der Waals surface area (Å²) in [7, 11) is 0. The average molecular weight is 276 g/mol. The summed E-state index contributed by atoms with van der Waals surface area (Å²) in [5.41, 5.74) is 1.03. The van der Waals surface area contributed by atoms with Crippen molar-refractivity contribution in [2.45, 2.75) is 39.3 Å². The summed E-state index contributed by atoms with van der Waals surface area (Å²) in [6.07, 6.45) is 1.93. The van der Waals surface area contributed by atoms with Gasteiger partial charge in [0.2, 0.25) is 0 Å². The summed E-state index contributed by atoms with van der Waals surface area (Å²) in [5.74, 6) is 0.342. The number of phenols is 1. The predicted molar refractivity (Wildman–Crippen MR) is 79.5 cm³/mol. The van der Waals surface area contributed by atoms with Gasteiger partial charge in [0, 0.05) is 35.1 Å². The van der Waals surface area contributed by atoms with E-state index >= 15 is 0 Å². The maximum absolute atomic E-state index is 9.67. The van der Waals surface area contributed by atoms with Crippen molar-refractivity contribution in [3.05, 3.63) is 45.9 Å². The Morgan fingerprint density at radius 2 is 1.95 bits per heavy atom. The summed E-state index contributed by atoms with van der Waals surface area (Å²) in [4.78, 5) is 5.68. The van der Waals surface area contributed by atoms with E-state index in [9.17, 15) is 5.11 Å². The molecule has 0 aliphatic heterocycles. The highest BCUT2D eigenvalue weighted by Crippen LogP contribution is 2.26. The normalized spacial score (nSPS) is 11.7. The molecule has 0 saturated heterocycles. The highest BCUT2D eigenvalue weighted by atomic mass is 32.1. The molecular formula is C15H20N2OS. The van der Waals surface area contributed by atoms with E-state index in [1.165, 1.54) is 4.88 Å². The van der Waals surface area contributed by atoms with Crippen LogP contribution in [0.25, 0.3) is 0 Å². The maximum Gasteiger partial charge on any atom is 0.120 e. The number of aromatic nitrogens is 1. The van der Waals surface area contributed by atoms with Gasteiger partial charge < -0.3 is 10.4 Å². The van der Waals surface area contributed by atoms with Gasteiger partial charge in [-0.15, -0.1) is 11.3 Å². The zero-order chi connectivity index (χ0) is 13.9. The van der Waals surface area contributed by atoms with Gasteiger partial charge in [0.15, 0.2) is 0 Å². The molecule has 0 atom stereocenters. The van der Waals surface area contributed by atoms with E-state index in [1.807, 2.05) is 24.4 Å². The molecule has 0 bridgehead atoms. The topological polar surface area (TPSA) is 45.2 Å². The van der Waals surface area contributed by atoms with Crippen LogP contribution in [0.3, 0.4) is 0 Å². The number of para-hydroxylation sites is 1. The quantitative estimate of drug-likeness (QED) is 0.899. The third-order valence-corrected chi connectivity index (χ3v) is 4.22. The van der Waals surface area contributed by atoms with Crippen LogP contribution in [-0.2, 0) is 18.5 Å².